The minimum atomic E-state index is -0.238. The summed E-state index contributed by atoms with van der Waals surface area (Å²) in [5, 5.41) is 4.42. The van der Waals surface area contributed by atoms with Crippen molar-refractivity contribution >= 4 is 23.3 Å². The van der Waals surface area contributed by atoms with E-state index >= 15 is 0 Å². The average Bonchev–Trinajstić information content (AvgIpc) is 2.74. The zero-order valence-corrected chi connectivity index (χ0v) is 7.36. The van der Waals surface area contributed by atoms with Gasteiger partial charge in [0.15, 0.2) is 0 Å². The summed E-state index contributed by atoms with van der Waals surface area (Å²) in [7, 11) is 0. The van der Waals surface area contributed by atoms with Crippen LogP contribution in [0.3, 0.4) is 0 Å². The van der Waals surface area contributed by atoms with Crippen LogP contribution < -0.4 is 5.32 Å². The van der Waals surface area contributed by atoms with Crippen LogP contribution in [0.15, 0.2) is 30.3 Å². The lowest BCUT2D eigenvalue weighted by Crippen LogP contribution is -2.17. The molecule has 0 aliphatic carbocycles. The van der Waals surface area contributed by atoms with E-state index in [-0.39, 0.29) is 6.03 Å². The molecule has 0 radical (unpaired) electrons. The Labute approximate surface area is 78.2 Å². The number of aromatic nitrogens is 3. The average molecular weight is 194 g/mol. The fraction of sp³-hybridized carbons (Fsp3) is 0. The zero-order chi connectivity index (χ0) is 9.10. The number of anilines is 1. The van der Waals surface area contributed by atoms with Crippen molar-refractivity contribution in [3.63, 3.8) is 0 Å². The molecule has 0 saturated heterocycles. The Kier molecular flexibility index (Phi) is 2.05. The van der Waals surface area contributed by atoms with Crippen molar-refractivity contribution in [2.45, 2.75) is 0 Å². The molecule has 66 valence electrons. The van der Waals surface area contributed by atoms with Gasteiger partial charge in [-0.3, -0.25) is 4.57 Å². The largest absolute Gasteiger partial charge is 0.331 e. The van der Waals surface area contributed by atoms with Gasteiger partial charge < -0.3 is 5.32 Å². The standard InChI is InChI=1S/C7H6N4OS/c12-7(11-2-1-8-5-11)10-6-3-9-13-4-6/h1-5H,(H,10,12). The maximum Gasteiger partial charge on any atom is 0.331 e. The Morgan fingerprint density at radius 3 is 3.15 bits per heavy atom. The van der Waals surface area contributed by atoms with E-state index in [9.17, 15) is 4.79 Å². The lowest BCUT2D eigenvalue weighted by molar-refractivity contribution is 0.253. The molecule has 2 heterocycles. The van der Waals surface area contributed by atoms with Gasteiger partial charge in [-0.1, -0.05) is 0 Å². The number of carbonyl (C=O) groups excluding carboxylic acids is 1. The molecule has 0 spiro atoms. The van der Waals surface area contributed by atoms with E-state index in [1.165, 1.54) is 22.4 Å². The number of amides is 1. The first-order valence-corrected chi connectivity index (χ1v) is 4.38. The van der Waals surface area contributed by atoms with Gasteiger partial charge in [-0.25, -0.2) is 9.78 Å². The summed E-state index contributed by atoms with van der Waals surface area (Å²) in [6.45, 7) is 0. The summed E-state index contributed by atoms with van der Waals surface area (Å²) >= 11 is 1.29. The van der Waals surface area contributed by atoms with E-state index in [0.29, 0.717) is 5.69 Å². The van der Waals surface area contributed by atoms with Gasteiger partial charge in [0.2, 0.25) is 0 Å². The van der Waals surface area contributed by atoms with Gasteiger partial charge in [-0.15, -0.1) is 0 Å². The van der Waals surface area contributed by atoms with E-state index in [1.54, 1.807) is 24.0 Å². The first-order valence-electron chi connectivity index (χ1n) is 3.55. The molecular formula is C7H6N4OS. The molecule has 0 saturated carbocycles. The number of rotatable bonds is 1. The van der Waals surface area contributed by atoms with Crippen molar-refractivity contribution < 1.29 is 4.79 Å². The monoisotopic (exact) mass is 194 g/mol. The van der Waals surface area contributed by atoms with Crippen LogP contribution in [-0.4, -0.2) is 20.0 Å². The normalized spacial score (nSPS) is 9.85. The molecule has 6 heteroatoms. The number of hydrogen-bond donors (Lipinski definition) is 1. The third-order valence-corrected chi connectivity index (χ3v) is 2.01. The van der Waals surface area contributed by atoms with Gasteiger partial charge >= 0.3 is 6.03 Å². The summed E-state index contributed by atoms with van der Waals surface area (Å²) in [5.74, 6) is 0. The highest BCUT2D eigenvalue weighted by molar-refractivity contribution is 7.04. The lowest BCUT2D eigenvalue weighted by atomic mass is 10.6. The quantitative estimate of drug-likeness (QED) is 0.746. The Bertz CT molecular complexity index is 381. The fourth-order valence-electron chi connectivity index (χ4n) is 0.834. The zero-order valence-electron chi connectivity index (χ0n) is 6.54. The van der Waals surface area contributed by atoms with E-state index in [0.717, 1.165) is 0 Å². The first-order chi connectivity index (χ1) is 6.36. The van der Waals surface area contributed by atoms with Crippen molar-refractivity contribution in [1.29, 1.82) is 0 Å². The Morgan fingerprint density at radius 1 is 1.62 bits per heavy atom. The number of nitrogens with zero attached hydrogens (tertiary/aromatic N) is 3. The molecule has 5 nitrogen and oxygen atoms in total. The van der Waals surface area contributed by atoms with E-state index in [2.05, 4.69) is 14.7 Å². The third kappa shape index (κ3) is 1.73. The second kappa shape index (κ2) is 3.36. The number of nitrogens with one attached hydrogen (secondary N) is 1. The molecule has 1 amide bonds. The van der Waals surface area contributed by atoms with Crippen molar-refractivity contribution in [3.05, 3.63) is 30.3 Å². The van der Waals surface area contributed by atoms with Gasteiger partial charge in [0.1, 0.15) is 6.33 Å². The topological polar surface area (TPSA) is 59.8 Å². The van der Waals surface area contributed by atoms with Crippen LogP contribution in [0.4, 0.5) is 10.5 Å². The van der Waals surface area contributed by atoms with Gasteiger partial charge in [0.25, 0.3) is 0 Å². The molecular weight excluding hydrogens is 188 g/mol. The highest BCUT2D eigenvalue weighted by Gasteiger charge is 2.03. The van der Waals surface area contributed by atoms with Crippen LogP contribution in [0.25, 0.3) is 0 Å². The molecule has 0 atom stereocenters. The van der Waals surface area contributed by atoms with Crippen LogP contribution in [-0.2, 0) is 0 Å². The summed E-state index contributed by atoms with van der Waals surface area (Å²) in [5.41, 5.74) is 0.698. The molecule has 1 N–H and O–H groups in total. The lowest BCUT2D eigenvalue weighted by Gasteiger charge is -2.00. The smallest absolute Gasteiger partial charge is 0.305 e. The Morgan fingerprint density at radius 2 is 2.54 bits per heavy atom. The van der Waals surface area contributed by atoms with E-state index in [4.69, 9.17) is 0 Å². The second-order valence-electron chi connectivity index (χ2n) is 2.31. The molecule has 2 rings (SSSR count). The fourth-order valence-corrected chi connectivity index (χ4v) is 1.30. The van der Waals surface area contributed by atoms with Gasteiger partial charge in [0.05, 0.1) is 11.9 Å². The van der Waals surface area contributed by atoms with Crippen molar-refractivity contribution in [1.82, 2.24) is 13.9 Å². The van der Waals surface area contributed by atoms with Crippen molar-refractivity contribution in [2.75, 3.05) is 5.32 Å². The molecule has 2 aromatic heterocycles. The SMILES string of the molecule is O=C(Nc1cnsc1)n1ccnc1. The van der Waals surface area contributed by atoms with Crippen LogP contribution in [0.1, 0.15) is 0 Å². The van der Waals surface area contributed by atoms with Crippen molar-refractivity contribution in [3.8, 4) is 0 Å². The maximum absolute atomic E-state index is 11.4. The van der Waals surface area contributed by atoms with Gasteiger partial charge in [-0.05, 0) is 11.5 Å². The third-order valence-electron chi connectivity index (χ3n) is 1.42. The van der Waals surface area contributed by atoms with Crippen LogP contribution in [0, 0.1) is 0 Å². The summed E-state index contributed by atoms with van der Waals surface area (Å²) in [6.07, 6.45) is 6.16. The second-order valence-corrected chi connectivity index (χ2v) is 2.97. The van der Waals surface area contributed by atoms with E-state index in [1.807, 2.05) is 0 Å². The van der Waals surface area contributed by atoms with Gasteiger partial charge in [-0.2, -0.15) is 4.37 Å². The summed E-state index contributed by atoms with van der Waals surface area (Å²) in [4.78, 5) is 15.1. The van der Waals surface area contributed by atoms with Crippen LogP contribution in [0.5, 0.6) is 0 Å². The minimum absolute atomic E-state index is 0.238. The molecule has 0 aliphatic rings. The van der Waals surface area contributed by atoms with Gasteiger partial charge in [0, 0.05) is 17.8 Å². The molecule has 2 aromatic rings. The molecule has 0 fully saturated rings. The summed E-state index contributed by atoms with van der Waals surface area (Å²) < 4.78 is 5.22. The summed E-state index contributed by atoms with van der Waals surface area (Å²) in [6, 6.07) is -0.238. The van der Waals surface area contributed by atoms with Crippen LogP contribution >= 0.6 is 11.5 Å². The highest BCUT2D eigenvalue weighted by atomic mass is 32.1. The Balaban J connectivity index is 2.08. The molecule has 0 unspecified atom stereocenters. The highest BCUT2D eigenvalue weighted by Crippen LogP contribution is 2.08. The molecule has 13 heavy (non-hydrogen) atoms. The molecule has 0 aliphatic heterocycles. The molecule has 0 aromatic carbocycles. The number of hydrogen-bond acceptors (Lipinski definition) is 4. The predicted octanol–water partition coefficient (Wildman–Crippen LogP) is 1.42. The number of carbonyl (C=O) groups is 1. The number of imidazole rings is 1. The maximum atomic E-state index is 11.4. The predicted molar refractivity (Wildman–Crippen MR) is 48.8 cm³/mol. The molecule has 0 bridgehead atoms. The van der Waals surface area contributed by atoms with Crippen LogP contribution in [0.2, 0.25) is 0 Å². The van der Waals surface area contributed by atoms with Crippen molar-refractivity contribution in [2.24, 2.45) is 0 Å². The minimum Gasteiger partial charge on any atom is -0.305 e. The first kappa shape index (κ1) is 7.93. The van der Waals surface area contributed by atoms with E-state index < -0.39 is 0 Å². The Hall–Kier alpha value is -1.69.